The van der Waals surface area contributed by atoms with Crippen LogP contribution in [0.2, 0.25) is 0 Å². The van der Waals surface area contributed by atoms with Crippen LogP contribution in [0.25, 0.3) is 21.3 Å². The molecule has 0 spiro atoms. The van der Waals surface area contributed by atoms with Gasteiger partial charge in [-0.05, 0) is 66.9 Å². The number of hydrogen-bond acceptors (Lipinski definition) is 4. The van der Waals surface area contributed by atoms with E-state index >= 15 is 0 Å². The second-order valence-corrected chi connectivity index (χ2v) is 8.12. The molecule has 0 aliphatic rings. The summed E-state index contributed by atoms with van der Waals surface area (Å²) < 4.78 is 0. The third-order valence-electron chi connectivity index (χ3n) is 4.96. The van der Waals surface area contributed by atoms with Gasteiger partial charge in [0.15, 0.2) is 6.29 Å². The molecule has 4 nitrogen and oxygen atoms in total. The molecule has 144 valence electrons. The van der Waals surface area contributed by atoms with Gasteiger partial charge in [0.05, 0.1) is 16.4 Å². The SMILES string of the molecule is Cc1cc2cccnc2cc1C(=O)N[C@H](C)c1cccc(-c2ccc(C=O)s2)c1. The average Bonchev–Trinajstić information content (AvgIpc) is 3.22. The zero-order valence-electron chi connectivity index (χ0n) is 16.2. The molecule has 0 radical (unpaired) electrons. The number of carbonyl (C=O) groups is 2. The second kappa shape index (κ2) is 7.97. The van der Waals surface area contributed by atoms with Gasteiger partial charge in [-0.3, -0.25) is 14.6 Å². The van der Waals surface area contributed by atoms with Crippen LogP contribution in [-0.2, 0) is 0 Å². The normalized spacial score (nSPS) is 11.9. The highest BCUT2D eigenvalue weighted by Crippen LogP contribution is 2.29. The molecule has 1 N–H and O–H groups in total. The number of thiophene rings is 1. The van der Waals surface area contributed by atoms with Gasteiger partial charge in [0, 0.05) is 22.0 Å². The maximum absolute atomic E-state index is 12.9. The lowest BCUT2D eigenvalue weighted by molar-refractivity contribution is 0.0939. The van der Waals surface area contributed by atoms with Gasteiger partial charge >= 0.3 is 0 Å². The quantitative estimate of drug-likeness (QED) is 0.445. The van der Waals surface area contributed by atoms with Gasteiger partial charge in [-0.15, -0.1) is 11.3 Å². The Morgan fingerprint density at radius 1 is 1.10 bits per heavy atom. The first-order valence-electron chi connectivity index (χ1n) is 9.37. The highest BCUT2D eigenvalue weighted by atomic mass is 32.1. The zero-order chi connectivity index (χ0) is 20.4. The fourth-order valence-electron chi connectivity index (χ4n) is 3.37. The highest BCUT2D eigenvalue weighted by Gasteiger charge is 2.15. The van der Waals surface area contributed by atoms with E-state index in [0.29, 0.717) is 10.4 Å². The molecule has 0 saturated carbocycles. The van der Waals surface area contributed by atoms with Crippen molar-refractivity contribution >= 4 is 34.4 Å². The number of benzene rings is 2. The van der Waals surface area contributed by atoms with Crippen molar-refractivity contribution in [1.29, 1.82) is 0 Å². The molecule has 0 bridgehead atoms. The largest absolute Gasteiger partial charge is 0.346 e. The first kappa shape index (κ1) is 19.0. The highest BCUT2D eigenvalue weighted by molar-refractivity contribution is 7.17. The molecule has 1 atom stereocenters. The Kier molecular flexibility index (Phi) is 5.23. The maximum atomic E-state index is 12.9. The number of fused-ring (bicyclic) bond motifs is 1. The molecule has 5 heteroatoms. The summed E-state index contributed by atoms with van der Waals surface area (Å²) in [5.74, 6) is -0.118. The lowest BCUT2D eigenvalue weighted by atomic mass is 10.0. The van der Waals surface area contributed by atoms with E-state index in [1.54, 1.807) is 6.20 Å². The Morgan fingerprint density at radius 3 is 2.76 bits per heavy atom. The summed E-state index contributed by atoms with van der Waals surface area (Å²) >= 11 is 1.46. The van der Waals surface area contributed by atoms with E-state index in [-0.39, 0.29) is 11.9 Å². The number of nitrogens with one attached hydrogen (secondary N) is 1. The Bertz CT molecular complexity index is 1210. The number of carbonyl (C=O) groups excluding carboxylic acids is 2. The number of aryl methyl sites for hydroxylation is 1. The van der Waals surface area contributed by atoms with Gasteiger partial charge in [-0.25, -0.2) is 0 Å². The smallest absolute Gasteiger partial charge is 0.252 e. The van der Waals surface area contributed by atoms with E-state index < -0.39 is 0 Å². The molecule has 2 aromatic carbocycles. The van der Waals surface area contributed by atoms with Crippen LogP contribution in [0.5, 0.6) is 0 Å². The summed E-state index contributed by atoms with van der Waals surface area (Å²) in [5.41, 5.74) is 4.40. The van der Waals surface area contributed by atoms with E-state index in [2.05, 4.69) is 16.4 Å². The van der Waals surface area contributed by atoms with Crippen LogP contribution >= 0.6 is 11.3 Å². The van der Waals surface area contributed by atoms with Crippen LogP contribution in [0, 0.1) is 6.92 Å². The molecule has 0 aliphatic heterocycles. The van der Waals surface area contributed by atoms with Crippen molar-refractivity contribution in [2.24, 2.45) is 0 Å². The van der Waals surface area contributed by atoms with Crippen LogP contribution in [0.4, 0.5) is 0 Å². The van der Waals surface area contributed by atoms with Gasteiger partial charge < -0.3 is 5.32 Å². The number of pyridine rings is 1. The number of amides is 1. The van der Waals surface area contributed by atoms with Crippen LogP contribution < -0.4 is 5.32 Å². The number of hydrogen-bond donors (Lipinski definition) is 1. The average molecular weight is 401 g/mol. The van der Waals surface area contributed by atoms with E-state index in [0.717, 1.165) is 38.8 Å². The van der Waals surface area contributed by atoms with Crippen molar-refractivity contribution < 1.29 is 9.59 Å². The third kappa shape index (κ3) is 3.96. The number of rotatable bonds is 5. The van der Waals surface area contributed by atoms with Crippen LogP contribution in [0.15, 0.2) is 66.9 Å². The summed E-state index contributed by atoms with van der Waals surface area (Å²) in [6.45, 7) is 3.91. The minimum atomic E-state index is -0.160. The molecule has 0 aliphatic carbocycles. The first-order chi connectivity index (χ1) is 14.0. The van der Waals surface area contributed by atoms with Crippen molar-refractivity contribution in [1.82, 2.24) is 10.3 Å². The van der Waals surface area contributed by atoms with Gasteiger partial charge in [-0.1, -0.05) is 24.3 Å². The number of aromatic nitrogens is 1. The van der Waals surface area contributed by atoms with E-state index in [9.17, 15) is 9.59 Å². The molecule has 0 fully saturated rings. The van der Waals surface area contributed by atoms with Crippen molar-refractivity contribution in [3.8, 4) is 10.4 Å². The van der Waals surface area contributed by atoms with E-state index in [4.69, 9.17) is 0 Å². The Morgan fingerprint density at radius 2 is 1.97 bits per heavy atom. The summed E-state index contributed by atoms with van der Waals surface area (Å²) in [6, 6.07) is 19.4. The standard InChI is InChI=1S/C24H20N2O2S/c1-15-11-18-7-4-10-25-22(18)13-21(15)24(28)26-16(2)17-5-3-6-19(12-17)23-9-8-20(14-27)29-23/h3-14,16H,1-2H3,(H,26,28)/t16-/m1/s1. The maximum Gasteiger partial charge on any atom is 0.252 e. The predicted molar refractivity (Wildman–Crippen MR) is 118 cm³/mol. The molecular weight excluding hydrogens is 380 g/mol. The summed E-state index contributed by atoms with van der Waals surface area (Å²) in [5, 5.41) is 4.11. The van der Waals surface area contributed by atoms with Crippen molar-refractivity contribution in [2.45, 2.75) is 19.9 Å². The van der Waals surface area contributed by atoms with Crippen LogP contribution in [0.1, 0.15) is 44.1 Å². The van der Waals surface area contributed by atoms with Gasteiger partial charge in [0.2, 0.25) is 0 Å². The lowest BCUT2D eigenvalue weighted by Crippen LogP contribution is -2.27. The van der Waals surface area contributed by atoms with Crippen molar-refractivity contribution in [3.05, 3.63) is 88.4 Å². The second-order valence-electron chi connectivity index (χ2n) is 7.00. The summed E-state index contributed by atoms with van der Waals surface area (Å²) in [4.78, 5) is 30.0. The third-order valence-corrected chi connectivity index (χ3v) is 6.02. The van der Waals surface area contributed by atoms with E-state index in [1.165, 1.54) is 11.3 Å². The molecule has 4 aromatic rings. The molecule has 1 amide bonds. The molecule has 2 heterocycles. The Balaban J connectivity index is 1.57. The first-order valence-corrected chi connectivity index (χ1v) is 10.2. The fraction of sp³-hybridized carbons (Fsp3) is 0.125. The minimum Gasteiger partial charge on any atom is -0.346 e. The molecule has 4 rings (SSSR count). The molecule has 0 unspecified atom stereocenters. The molecular formula is C24H20N2O2S. The Hall–Kier alpha value is -3.31. The number of aldehydes is 1. The van der Waals surface area contributed by atoms with Crippen molar-refractivity contribution in [2.75, 3.05) is 0 Å². The predicted octanol–water partition coefficient (Wildman–Crippen LogP) is 5.58. The van der Waals surface area contributed by atoms with Crippen molar-refractivity contribution in [3.63, 3.8) is 0 Å². The summed E-state index contributed by atoms with van der Waals surface area (Å²) in [6.07, 6.45) is 2.59. The topological polar surface area (TPSA) is 59.1 Å². The van der Waals surface area contributed by atoms with E-state index in [1.807, 2.05) is 68.4 Å². The molecule has 2 aromatic heterocycles. The number of nitrogens with zero attached hydrogens (tertiary/aromatic N) is 1. The molecule has 0 saturated heterocycles. The van der Waals surface area contributed by atoms with Gasteiger partial charge in [-0.2, -0.15) is 0 Å². The van der Waals surface area contributed by atoms with Crippen LogP contribution in [0.3, 0.4) is 0 Å². The molecule has 29 heavy (non-hydrogen) atoms. The summed E-state index contributed by atoms with van der Waals surface area (Å²) in [7, 11) is 0. The lowest BCUT2D eigenvalue weighted by Gasteiger charge is -2.16. The zero-order valence-corrected chi connectivity index (χ0v) is 17.0. The minimum absolute atomic E-state index is 0.118. The fourth-order valence-corrected chi connectivity index (χ4v) is 4.19. The monoisotopic (exact) mass is 400 g/mol. The van der Waals surface area contributed by atoms with Gasteiger partial charge in [0.1, 0.15) is 0 Å². The van der Waals surface area contributed by atoms with Crippen LogP contribution in [-0.4, -0.2) is 17.2 Å². The van der Waals surface area contributed by atoms with Gasteiger partial charge in [0.25, 0.3) is 5.91 Å². The Labute approximate surface area is 173 Å².